The van der Waals surface area contributed by atoms with Gasteiger partial charge in [0.05, 0.1) is 10.9 Å². The molecule has 3 N–H and O–H groups in total. The van der Waals surface area contributed by atoms with Gasteiger partial charge in [-0.2, -0.15) is 4.31 Å². The second kappa shape index (κ2) is 7.39. The number of nitrogens with one attached hydrogen (secondary N) is 1. The Labute approximate surface area is 137 Å². The van der Waals surface area contributed by atoms with Crippen LogP contribution in [0.5, 0.6) is 0 Å². The second-order valence-corrected chi connectivity index (χ2v) is 7.80. The number of rotatable bonds is 4. The van der Waals surface area contributed by atoms with E-state index >= 15 is 0 Å². The van der Waals surface area contributed by atoms with Crippen LogP contribution >= 0.6 is 0 Å². The molecule has 23 heavy (non-hydrogen) atoms. The summed E-state index contributed by atoms with van der Waals surface area (Å²) in [6, 6.07) is 5.63. The molecule has 0 bridgehead atoms. The highest BCUT2D eigenvalue weighted by Gasteiger charge is 2.26. The van der Waals surface area contributed by atoms with Gasteiger partial charge in [0.1, 0.15) is 0 Å². The van der Waals surface area contributed by atoms with E-state index in [1.807, 2.05) is 7.05 Å². The molecule has 0 aliphatic carbocycles. The van der Waals surface area contributed by atoms with Gasteiger partial charge in [-0.3, -0.25) is 4.79 Å². The quantitative estimate of drug-likeness (QED) is 0.822. The largest absolute Gasteiger partial charge is 0.325 e. The zero-order valence-electron chi connectivity index (χ0n) is 13.5. The second-order valence-electron chi connectivity index (χ2n) is 5.87. The third-order valence-electron chi connectivity index (χ3n) is 3.83. The highest BCUT2D eigenvalue weighted by Crippen LogP contribution is 2.21. The molecule has 1 unspecified atom stereocenters. The summed E-state index contributed by atoms with van der Waals surface area (Å²) in [5.74, 6) is -0.351. The zero-order chi connectivity index (χ0) is 17.0. The Bertz CT molecular complexity index is 660. The summed E-state index contributed by atoms with van der Waals surface area (Å²) in [7, 11) is -1.58. The molecule has 0 aromatic heterocycles. The number of likely N-dealkylation sites (N-methyl/N-ethyl adjacent to an activating group) is 1. The molecule has 1 aromatic carbocycles. The normalized spacial score (nSPS) is 19.1. The fourth-order valence-electron chi connectivity index (χ4n) is 2.40. The molecule has 1 atom stereocenters. The molecule has 0 spiro atoms. The standard InChI is InChI=1S/C15H24N4O3S/c1-12(16)15(20)17-13-5-3-6-14(11-13)23(21,22)19-8-4-7-18(2)9-10-19/h3,5-6,11-12H,4,7-10,16H2,1-2H3,(H,17,20). The van der Waals surface area contributed by atoms with Crippen LogP contribution in [0.3, 0.4) is 0 Å². The van der Waals surface area contributed by atoms with E-state index in [9.17, 15) is 13.2 Å². The van der Waals surface area contributed by atoms with Gasteiger partial charge < -0.3 is 16.0 Å². The molecule has 1 fully saturated rings. The maximum absolute atomic E-state index is 12.8. The molecular weight excluding hydrogens is 316 g/mol. The lowest BCUT2D eigenvalue weighted by Crippen LogP contribution is -2.35. The van der Waals surface area contributed by atoms with Crippen molar-refractivity contribution < 1.29 is 13.2 Å². The lowest BCUT2D eigenvalue weighted by molar-refractivity contribution is -0.117. The monoisotopic (exact) mass is 340 g/mol. The summed E-state index contributed by atoms with van der Waals surface area (Å²) in [5, 5.41) is 2.62. The minimum absolute atomic E-state index is 0.185. The molecule has 128 valence electrons. The van der Waals surface area contributed by atoms with Gasteiger partial charge in [-0.1, -0.05) is 6.07 Å². The lowest BCUT2D eigenvalue weighted by Gasteiger charge is -2.20. The number of sulfonamides is 1. The molecule has 1 heterocycles. The van der Waals surface area contributed by atoms with E-state index < -0.39 is 16.1 Å². The number of carbonyl (C=O) groups excluding carboxylic acids is 1. The van der Waals surface area contributed by atoms with Crippen LogP contribution in [0.2, 0.25) is 0 Å². The Morgan fingerprint density at radius 1 is 1.26 bits per heavy atom. The first-order valence-electron chi connectivity index (χ1n) is 7.66. The summed E-state index contributed by atoms with van der Waals surface area (Å²) in [6.45, 7) is 4.14. The average molecular weight is 340 g/mol. The van der Waals surface area contributed by atoms with Gasteiger partial charge in [0, 0.05) is 25.3 Å². The minimum Gasteiger partial charge on any atom is -0.325 e. The fraction of sp³-hybridized carbons (Fsp3) is 0.533. The predicted octanol–water partition coefficient (Wildman–Crippen LogP) is 0.299. The maximum atomic E-state index is 12.8. The number of nitrogens with zero attached hydrogens (tertiary/aromatic N) is 2. The number of nitrogens with two attached hydrogens (primary N) is 1. The molecule has 1 amide bonds. The summed E-state index contributed by atoms with van der Waals surface area (Å²) in [5.41, 5.74) is 5.94. The van der Waals surface area contributed by atoms with Gasteiger partial charge in [-0.15, -0.1) is 0 Å². The molecule has 1 saturated heterocycles. The highest BCUT2D eigenvalue weighted by molar-refractivity contribution is 7.89. The Kier molecular flexibility index (Phi) is 5.74. The summed E-state index contributed by atoms with van der Waals surface area (Å²) >= 11 is 0. The smallest absolute Gasteiger partial charge is 0.243 e. The van der Waals surface area contributed by atoms with Crippen molar-refractivity contribution in [2.75, 3.05) is 38.5 Å². The first kappa shape index (κ1) is 17.9. The van der Waals surface area contributed by atoms with Gasteiger partial charge >= 0.3 is 0 Å². The number of benzene rings is 1. The third kappa shape index (κ3) is 4.51. The van der Waals surface area contributed by atoms with Crippen LogP contribution in [0.15, 0.2) is 29.2 Å². The Morgan fingerprint density at radius 3 is 2.70 bits per heavy atom. The van der Waals surface area contributed by atoms with Gasteiger partial charge in [0.2, 0.25) is 15.9 Å². The van der Waals surface area contributed by atoms with Gasteiger partial charge in [0.25, 0.3) is 0 Å². The van der Waals surface area contributed by atoms with E-state index in [0.29, 0.717) is 25.3 Å². The number of hydrogen-bond donors (Lipinski definition) is 2. The van der Waals surface area contributed by atoms with Crippen LogP contribution in [0.4, 0.5) is 5.69 Å². The molecule has 1 aromatic rings. The van der Waals surface area contributed by atoms with Crippen LogP contribution in [0, 0.1) is 0 Å². The molecule has 0 saturated carbocycles. The van der Waals surface area contributed by atoms with Crippen molar-refractivity contribution in [1.82, 2.24) is 9.21 Å². The van der Waals surface area contributed by atoms with Gasteiger partial charge in [-0.25, -0.2) is 8.42 Å². The summed E-state index contributed by atoms with van der Waals surface area (Å²) in [4.78, 5) is 14.0. The fourth-order valence-corrected chi connectivity index (χ4v) is 3.92. The van der Waals surface area contributed by atoms with E-state index in [2.05, 4.69) is 10.2 Å². The summed E-state index contributed by atoms with van der Waals surface area (Å²) < 4.78 is 27.1. The summed E-state index contributed by atoms with van der Waals surface area (Å²) in [6.07, 6.45) is 0.802. The number of anilines is 1. The van der Waals surface area contributed by atoms with Crippen LogP contribution < -0.4 is 11.1 Å². The van der Waals surface area contributed by atoms with Crippen LogP contribution in [0.25, 0.3) is 0 Å². The third-order valence-corrected chi connectivity index (χ3v) is 5.73. The first-order valence-corrected chi connectivity index (χ1v) is 9.10. The van der Waals surface area contributed by atoms with Crippen molar-refractivity contribution in [3.63, 3.8) is 0 Å². The van der Waals surface area contributed by atoms with Crippen LogP contribution in [-0.4, -0.2) is 62.8 Å². The van der Waals surface area contributed by atoms with E-state index in [1.165, 1.54) is 10.4 Å². The Balaban J connectivity index is 2.21. The Morgan fingerprint density at radius 2 is 2.00 bits per heavy atom. The Hall–Kier alpha value is -1.48. The number of carbonyl (C=O) groups is 1. The van der Waals surface area contributed by atoms with Crippen molar-refractivity contribution >= 4 is 21.6 Å². The van der Waals surface area contributed by atoms with E-state index in [1.54, 1.807) is 25.1 Å². The molecule has 1 aliphatic heterocycles. The molecule has 8 heteroatoms. The van der Waals surface area contributed by atoms with E-state index in [0.717, 1.165) is 13.0 Å². The van der Waals surface area contributed by atoms with E-state index in [-0.39, 0.29) is 10.8 Å². The number of amides is 1. The predicted molar refractivity (Wildman–Crippen MR) is 89.6 cm³/mol. The molecule has 1 aliphatic rings. The van der Waals surface area contributed by atoms with E-state index in [4.69, 9.17) is 5.73 Å². The molecular formula is C15H24N4O3S. The topological polar surface area (TPSA) is 95.7 Å². The first-order chi connectivity index (χ1) is 10.8. The molecule has 2 rings (SSSR count). The van der Waals surface area contributed by atoms with Crippen LogP contribution in [-0.2, 0) is 14.8 Å². The van der Waals surface area contributed by atoms with Gasteiger partial charge in [0.15, 0.2) is 0 Å². The van der Waals surface area contributed by atoms with Gasteiger partial charge in [-0.05, 0) is 45.1 Å². The SMILES string of the molecule is CC(N)C(=O)Nc1cccc(S(=O)(=O)N2CCCN(C)CC2)c1. The van der Waals surface area contributed by atoms with Crippen molar-refractivity contribution in [2.24, 2.45) is 5.73 Å². The minimum atomic E-state index is -3.56. The molecule has 7 nitrogen and oxygen atoms in total. The van der Waals surface area contributed by atoms with Crippen molar-refractivity contribution in [1.29, 1.82) is 0 Å². The highest BCUT2D eigenvalue weighted by atomic mass is 32.2. The van der Waals surface area contributed by atoms with Crippen molar-refractivity contribution in [2.45, 2.75) is 24.3 Å². The van der Waals surface area contributed by atoms with Crippen LogP contribution in [0.1, 0.15) is 13.3 Å². The van der Waals surface area contributed by atoms with Crippen molar-refractivity contribution in [3.8, 4) is 0 Å². The number of hydrogen-bond acceptors (Lipinski definition) is 5. The zero-order valence-corrected chi connectivity index (χ0v) is 14.3. The average Bonchev–Trinajstić information content (AvgIpc) is 2.72. The molecule has 0 radical (unpaired) electrons. The van der Waals surface area contributed by atoms with Crippen molar-refractivity contribution in [3.05, 3.63) is 24.3 Å². The lowest BCUT2D eigenvalue weighted by atomic mass is 10.3. The maximum Gasteiger partial charge on any atom is 0.243 e.